The first kappa shape index (κ1) is 17.8. The molecule has 0 radical (unpaired) electrons. The van der Waals surface area contributed by atoms with Gasteiger partial charge in [0.2, 0.25) is 0 Å². The number of halogens is 1. The van der Waals surface area contributed by atoms with E-state index in [0.717, 1.165) is 36.5 Å². The number of furan rings is 1. The lowest BCUT2D eigenvalue weighted by atomic mass is 9.80. The highest BCUT2D eigenvalue weighted by molar-refractivity contribution is 6.30. The summed E-state index contributed by atoms with van der Waals surface area (Å²) in [5.74, 6) is 1.04. The molecule has 0 saturated carbocycles. The van der Waals surface area contributed by atoms with Crippen molar-refractivity contribution in [3.8, 4) is 0 Å². The molecule has 2 heteroatoms. The van der Waals surface area contributed by atoms with Gasteiger partial charge in [-0.1, -0.05) is 67.9 Å². The molecule has 0 bridgehead atoms. The molecule has 25 heavy (non-hydrogen) atoms. The third kappa shape index (κ3) is 4.99. The molecule has 3 aromatic rings. The van der Waals surface area contributed by atoms with Crippen molar-refractivity contribution < 1.29 is 4.42 Å². The number of benzene rings is 2. The third-order valence-electron chi connectivity index (χ3n) is 4.82. The Kier molecular flexibility index (Phi) is 5.65. The van der Waals surface area contributed by atoms with E-state index in [2.05, 4.69) is 56.3 Å². The molecule has 0 unspecified atom stereocenters. The summed E-state index contributed by atoms with van der Waals surface area (Å²) in [6.07, 6.45) is 6.09. The molecule has 0 spiro atoms. The van der Waals surface area contributed by atoms with E-state index in [1.165, 1.54) is 16.7 Å². The van der Waals surface area contributed by atoms with Crippen LogP contribution < -0.4 is 0 Å². The second kappa shape index (κ2) is 7.93. The predicted molar refractivity (Wildman–Crippen MR) is 105 cm³/mol. The molecule has 1 heterocycles. The minimum absolute atomic E-state index is 0.154. The van der Waals surface area contributed by atoms with Crippen LogP contribution >= 0.6 is 11.6 Å². The highest BCUT2D eigenvalue weighted by atomic mass is 35.5. The topological polar surface area (TPSA) is 13.1 Å². The van der Waals surface area contributed by atoms with E-state index in [0.29, 0.717) is 0 Å². The second-order valence-corrected chi connectivity index (χ2v) is 7.76. The van der Waals surface area contributed by atoms with E-state index in [1.807, 2.05) is 24.5 Å². The van der Waals surface area contributed by atoms with E-state index in [4.69, 9.17) is 16.0 Å². The van der Waals surface area contributed by atoms with Crippen molar-refractivity contribution in [2.75, 3.05) is 0 Å². The minimum atomic E-state index is 0.154. The van der Waals surface area contributed by atoms with Crippen LogP contribution in [0.15, 0.2) is 71.3 Å². The number of hydrogen-bond acceptors (Lipinski definition) is 1. The molecule has 2 aromatic carbocycles. The molecule has 130 valence electrons. The van der Waals surface area contributed by atoms with E-state index < -0.39 is 0 Å². The largest absolute Gasteiger partial charge is 0.469 e. The van der Waals surface area contributed by atoms with Crippen LogP contribution in [0.2, 0.25) is 5.02 Å². The van der Waals surface area contributed by atoms with Gasteiger partial charge in [0, 0.05) is 11.4 Å². The van der Waals surface area contributed by atoms with Crippen molar-refractivity contribution in [1.82, 2.24) is 0 Å². The lowest BCUT2D eigenvalue weighted by molar-refractivity contribution is 0.460. The summed E-state index contributed by atoms with van der Waals surface area (Å²) < 4.78 is 5.73. The Morgan fingerprint density at radius 3 is 2.36 bits per heavy atom. The lowest BCUT2D eigenvalue weighted by Crippen LogP contribution is -2.17. The Labute approximate surface area is 155 Å². The third-order valence-corrected chi connectivity index (χ3v) is 5.07. The quantitative estimate of drug-likeness (QED) is 0.454. The summed E-state index contributed by atoms with van der Waals surface area (Å²) in [6, 6.07) is 20.9. The molecule has 0 aliphatic rings. The normalized spacial score (nSPS) is 11.6. The molecule has 0 atom stereocenters. The second-order valence-electron chi connectivity index (χ2n) is 7.33. The first-order chi connectivity index (χ1) is 12.0. The molecule has 3 rings (SSSR count). The van der Waals surface area contributed by atoms with Crippen molar-refractivity contribution in [1.29, 1.82) is 0 Å². The van der Waals surface area contributed by atoms with E-state index >= 15 is 0 Å². The standard InChI is InChI=1S/C23H25ClO/c1-23(2,20-10-12-21(24)13-11-20)14-6-9-19-16-22(25-17-19)15-18-7-4-3-5-8-18/h3-5,7-8,10-13,16-17H,6,9,14-15H2,1-2H3. The maximum Gasteiger partial charge on any atom is 0.108 e. The molecule has 0 amide bonds. The van der Waals surface area contributed by atoms with E-state index in [1.54, 1.807) is 0 Å². The molecule has 0 aliphatic carbocycles. The molecular weight excluding hydrogens is 328 g/mol. The minimum Gasteiger partial charge on any atom is -0.469 e. The summed E-state index contributed by atoms with van der Waals surface area (Å²) in [5, 5.41) is 0.795. The molecular formula is C23H25ClO. The molecule has 0 N–H and O–H groups in total. The van der Waals surface area contributed by atoms with Crippen LogP contribution in [0.25, 0.3) is 0 Å². The highest BCUT2D eigenvalue weighted by Crippen LogP contribution is 2.30. The van der Waals surface area contributed by atoms with Gasteiger partial charge in [0.1, 0.15) is 5.76 Å². The van der Waals surface area contributed by atoms with Gasteiger partial charge in [-0.15, -0.1) is 0 Å². The SMILES string of the molecule is CC(C)(CCCc1coc(Cc2ccccc2)c1)c1ccc(Cl)cc1. The summed E-state index contributed by atoms with van der Waals surface area (Å²) in [7, 11) is 0. The van der Waals surface area contributed by atoms with E-state index in [-0.39, 0.29) is 5.41 Å². The predicted octanol–water partition coefficient (Wildman–Crippen LogP) is 6.82. The number of rotatable bonds is 7. The van der Waals surface area contributed by atoms with Gasteiger partial charge in [-0.2, -0.15) is 0 Å². The first-order valence-corrected chi connectivity index (χ1v) is 9.27. The number of aryl methyl sites for hydroxylation is 1. The molecule has 0 aliphatic heterocycles. The maximum absolute atomic E-state index is 6.00. The Bertz CT molecular complexity index is 784. The van der Waals surface area contributed by atoms with Crippen LogP contribution in [0.1, 0.15) is 49.1 Å². The Morgan fingerprint density at radius 2 is 1.64 bits per heavy atom. The Morgan fingerprint density at radius 1 is 0.920 bits per heavy atom. The fraction of sp³-hybridized carbons (Fsp3) is 0.304. The van der Waals surface area contributed by atoms with Gasteiger partial charge >= 0.3 is 0 Å². The summed E-state index contributed by atoms with van der Waals surface area (Å²) in [5.41, 5.74) is 4.07. The molecule has 1 nitrogen and oxygen atoms in total. The van der Waals surface area contributed by atoms with Crippen LogP contribution in [0.3, 0.4) is 0 Å². The zero-order valence-corrected chi connectivity index (χ0v) is 15.7. The molecule has 0 fully saturated rings. The van der Waals surface area contributed by atoms with Gasteiger partial charge in [0.15, 0.2) is 0 Å². The summed E-state index contributed by atoms with van der Waals surface area (Å²) >= 11 is 6.00. The van der Waals surface area contributed by atoms with Crippen LogP contribution in [0.5, 0.6) is 0 Å². The van der Waals surface area contributed by atoms with Gasteiger partial charge in [0.05, 0.1) is 6.26 Å². The van der Waals surface area contributed by atoms with Gasteiger partial charge < -0.3 is 4.42 Å². The smallest absolute Gasteiger partial charge is 0.108 e. The van der Waals surface area contributed by atoms with Crippen LogP contribution in [0, 0.1) is 0 Å². The van der Waals surface area contributed by atoms with Crippen molar-refractivity contribution in [3.63, 3.8) is 0 Å². The van der Waals surface area contributed by atoms with Crippen molar-refractivity contribution in [2.24, 2.45) is 0 Å². The Hall–Kier alpha value is -1.99. The number of hydrogen-bond donors (Lipinski definition) is 0. The van der Waals surface area contributed by atoms with Gasteiger partial charge in [0.25, 0.3) is 0 Å². The van der Waals surface area contributed by atoms with Gasteiger partial charge in [-0.3, -0.25) is 0 Å². The lowest BCUT2D eigenvalue weighted by Gasteiger charge is -2.25. The summed E-state index contributed by atoms with van der Waals surface area (Å²) in [4.78, 5) is 0. The highest BCUT2D eigenvalue weighted by Gasteiger charge is 2.20. The van der Waals surface area contributed by atoms with Gasteiger partial charge in [-0.25, -0.2) is 0 Å². The van der Waals surface area contributed by atoms with Gasteiger partial charge in [-0.05, 0) is 59.6 Å². The maximum atomic E-state index is 6.00. The molecule has 1 aromatic heterocycles. The molecule has 0 saturated heterocycles. The zero-order chi connectivity index (χ0) is 17.7. The van der Waals surface area contributed by atoms with Crippen molar-refractivity contribution in [3.05, 3.63) is 94.4 Å². The van der Waals surface area contributed by atoms with Crippen LogP contribution in [-0.2, 0) is 18.3 Å². The average Bonchev–Trinajstić information content (AvgIpc) is 3.03. The fourth-order valence-electron chi connectivity index (χ4n) is 3.23. The fourth-order valence-corrected chi connectivity index (χ4v) is 3.35. The van der Waals surface area contributed by atoms with E-state index in [9.17, 15) is 0 Å². The average molecular weight is 353 g/mol. The van der Waals surface area contributed by atoms with Crippen LogP contribution in [0.4, 0.5) is 0 Å². The van der Waals surface area contributed by atoms with Crippen molar-refractivity contribution in [2.45, 2.75) is 44.9 Å². The zero-order valence-electron chi connectivity index (χ0n) is 15.0. The monoisotopic (exact) mass is 352 g/mol. The summed E-state index contributed by atoms with van der Waals surface area (Å²) in [6.45, 7) is 4.60. The Balaban J connectivity index is 1.53. The van der Waals surface area contributed by atoms with Crippen molar-refractivity contribution >= 4 is 11.6 Å². The first-order valence-electron chi connectivity index (χ1n) is 8.89. The van der Waals surface area contributed by atoms with Crippen LogP contribution in [-0.4, -0.2) is 0 Å².